The van der Waals surface area contributed by atoms with Crippen LogP contribution in [0, 0.1) is 0 Å². The molecule has 1 unspecified atom stereocenters. The van der Waals surface area contributed by atoms with Crippen molar-refractivity contribution in [3.05, 3.63) is 67.2 Å². The molecule has 0 spiro atoms. The molecule has 4 rings (SSSR count). The van der Waals surface area contributed by atoms with Crippen molar-refractivity contribution in [1.29, 1.82) is 0 Å². The Labute approximate surface area is 176 Å². The molecule has 1 atom stereocenters. The number of nitrogens with zero attached hydrogens (tertiary/aromatic N) is 1. The third-order valence-corrected chi connectivity index (χ3v) is 7.28. The van der Waals surface area contributed by atoms with E-state index in [1.165, 1.54) is 35.2 Å². The lowest BCUT2D eigenvalue weighted by Gasteiger charge is -2.20. The Bertz CT molecular complexity index is 1090. The van der Waals surface area contributed by atoms with E-state index in [-0.39, 0.29) is 6.10 Å². The molecule has 0 amide bonds. The van der Waals surface area contributed by atoms with E-state index in [1.54, 1.807) is 0 Å². The Morgan fingerprint density at radius 1 is 1.19 bits per heavy atom. The largest absolute Gasteiger partial charge is 0.372 e. The van der Waals surface area contributed by atoms with Gasteiger partial charge in [0.05, 0.1) is 12.7 Å². The van der Waals surface area contributed by atoms with E-state index < -0.39 is 0 Å². The molecular weight excluding hydrogens is 438 g/mol. The van der Waals surface area contributed by atoms with E-state index >= 15 is 0 Å². The summed E-state index contributed by atoms with van der Waals surface area (Å²) in [5, 5.41) is 2.69. The summed E-state index contributed by atoms with van der Waals surface area (Å²) < 4.78 is 9.85. The Hall–Kier alpha value is -1.11. The Morgan fingerprint density at radius 2 is 2.04 bits per heavy atom. The van der Waals surface area contributed by atoms with Crippen molar-refractivity contribution in [3.8, 4) is 0 Å². The second-order valence-electron chi connectivity index (χ2n) is 7.08. The first-order valence-corrected chi connectivity index (χ1v) is 11.4. The number of benzene rings is 1. The highest BCUT2D eigenvalue weighted by atomic mass is 79.9. The second kappa shape index (κ2) is 8.10. The predicted molar refractivity (Wildman–Crippen MR) is 124 cm³/mol. The first-order chi connectivity index (χ1) is 13.0. The van der Waals surface area contributed by atoms with Crippen LogP contribution in [-0.2, 0) is 4.74 Å². The summed E-state index contributed by atoms with van der Waals surface area (Å²) in [6.45, 7) is 3.72. The molecular formula is C22H22BrNOS2. The van der Waals surface area contributed by atoms with Crippen LogP contribution in [0.2, 0.25) is 0 Å². The van der Waals surface area contributed by atoms with Crippen LogP contribution < -0.4 is 9.75 Å². The standard InChI is InChI=1S/C22H22BrNOS2/c1-14(12-24(2)3)25-13-17-9-7-15-5-4-6-19-21(22(15)26-17)18-10-8-16(23)11-20(18)27-19/h4-11,14H,12-13H2,1-3H3. The number of halogens is 1. The Kier molecular flexibility index (Phi) is 5.76. The van der Waals surface area contributed by atoms with Gasteiger partial charge in [0.1, 0.15) is 0 Å². The van der Waals surface area contributed by atoms with Gasteiger partial charge >= 0.3 is 0 Å². The lowest BCUT2D eigenvalue weighted by atomic mass is 10.1. The van der Waals surface area contributed by atoms with Gasteiger partial charge in [-0.3, -0.25) is 0 Å². The van der Waals surface area contributed by atoms with Gasteiger partial charge in [-0.05, 0) is 50.9 Å². The monoisotopic (exact) mass is 459 g/mol. The number of likely N-dealkylation sites (N-methyl/N-ethyl adjacent to an activating group) is 1. The minimum Gasteiger partial charge on any atom is -0.372 e. The number of rotatable bonds is 5. The first kappa shape index (κ1) is 19.2. The van der Waals surface area contributed by atoms with Gasteiger partial charge in [0, 0.05) is 40.7 Å². The molecule has 0 fully saturated rings. The van der Waals surface area contributed by atoms with E-state index in [9.17, 15) is 0 Å². The molecule has 27 heavy (non-hydrogen) atoms. The number of allylic oxidation sites excluding steroid dienone is 4. The topological polar surface area (TPSA) is 12.5 Å². The van der Waals surface area contributed by atoms with Crippen LogP contribution in [0.15, 0.2) is 57.5 Å². The molecule has 2 aromatic rings. The lowest BCUT2D eigenvalue weighted by Crippen LogP contribution is -2.26. The summed E-state index contributed by atoms with van der Waals surface area (Å²) in [5.41, 5.74) is 1.28. The molecule has 1 aromatic carbocycles. The van der Waals surface area contributed by atoms with E-state index in [0.29, 0.717) is 6.61 Å². The predicted octanol–water partition coefficient (Wildman–Crippen LogP) is 4.65. The maximum absolute atomic E-state index is 6.07. The van der Waals surface area contributed by atoms with Crippen molar-refractivity contribution in [2.24, 2.45) is 0 Å². The fourth-order valence-corrected chi connectivity index (χ4v) is 6.20. The molecule has 0 bridgehead atoms. The van der Waals surface area contributed by atoms with Gasteiger partial charge in [0.2, 0.25) is 0 Å². The van der Waals surface area contributed by atoms with Crippen LogP contribution >= 0.6 is 39.0 Å². The van der Waals surface area contributed by atoms with Gasteiger partial charge < -0.3 is 9.64 Å². The third kappa shape index (κ3) is 4.17. The van der Waals surface area contributed by atoms with E-state index in [1.807, 2.05) is 23.1 Å². The van der Waals surface area contributed by atoms with Crippen LogP contribution in [0.3, 0.4) is 0 Å². The number of ether oxygens (including phenoxy) is 1. The minimum atomic E-state index is 0.217. The zero-order valence-electron chi connectivity index (χ0n) is 15.7. The van der Waals surface area contributed by atoms with Crippen molar-refractivity contribution in [3.63, 3.8) is 0 Å². The first-order valence-electron chi connectivity index (χ1n) is 8.97. The molecule has 140 valence electrons. The average Bonchev–Trinajstić information content (AvgIpc) is 2.87. The van der Waals surface area contributed by atoms with Crippen LogP contribution in [0.4, 0.5) is 0 Å². The van der Waals surface area contributed by atoms with E-state index in [0.717, 1.165) is 11.0 Å². The summed E-state index contributed by atoms with van der Waals surface area (Å²) >= 11 is 7.31. The van der Waals surface area contributed by atoms with Crippen molar-refractivity contribution in [1.82, 2.24) is 4.90 Å². The Balaban J connectivity index is 1.71. The number of hydrogen-bond acceptors (Lipinski definition) is 4. The van der Waals surface area contributed by atoms with Gasteiger partial charge in [-0.2, -0.15) is 0 Å². The number of thiophene rings is 1. The molecule has 1 aliphatic carbocycles. The molecule has 2 nitrogen and oxygen atoms in total. The van der Waals surface area contributed by atoms with Gasteiger partial charge in [0.15, 0.2) is 0 Å². The smallest absolute Gasteiger partial charge is 0.0783 e. The van der Waals surface area contributed by atoms with Crippen LogP contribution in [0.5, 0.6) is 0 Å². The number of thioether (sulfide) groups is 1. The molecule has 2 aliphatic rings. The van der Waals surface area contributed by atoms with Crippen molar-refractivity contribution in [2.75, 3.05) is 27.2 Å². The highest BCUT2D eigenvalue weighted by Gasteiger charge is 2.18. The zero-order chi connectivity index (χ0) is 19.0. The van der Waals surface area contributed by atoms with Crippen molar-refractivity contribution >= 4 is 60.1 Å². The molecule has 1 aromatic heterocycles. The quantitative estimate of drug-likeness (QED) is 0.645. The van der Waals surface area contributed by atoms with Gasteiger partial charge in [-0.25, -0.2) is 0 Å². The summed E-state index contributed by atoms with van der Waals surface area (Å²) in [6, 6.07) is 6.58. The molecule has 0 N–H and O–H groups in total. The summed E-state index contributed by atoms with van der Waals surface area (Å²) in [7, 11) is 4.16. The average molecular weight is 460 g/mol. The summed E-state index contributed by atoms with van der Waals surface area (Å²) in [4.78, 5) is 4.76. The number of fused-ring (bicyclic) bond motifs is 4. The van der Waals surface area contributed by atoms with E-state index in [2.05, 4.69) is 90.4 Å². The second-order valence-corrected chi connectivity index (χ2v) is 10.2. The third-order valence-electron chi connectivity index (χ3n) is 4.51. The maximum Gasteiger partial charge on any atom is 0.0783 e. The minimum absolute atomic E-state index is 0.217. The summed E-state index contributed by atoms with van der Waals surface area (Å²) in [5.74, 6) is 0. The molecule has 0 saturated heterocycles. The zero-order valence-corrected chi connectivity index (χ0v) is 18.9. The fourth-order valence-electron chi connectivity index (χ4n) is 3.36. The van der Waals surface area contributed by atoms with Gasteiger partial charge in [-0.1, -0.05) is 52.0 Å². The Morgan fingerprint density at radius 3 is 2.85 bits per heavy atom. The highest BCUT2D eigenvalue weighted by Crippen LogP contribution is 2.37. The molecule has 0 saturated carbocycles. The normalized spacial score (nSPS) is 17.1. The SMILES string of the molecule is CC(CN(C)C)OCC1=CC=C2C=CC=c3sc4cc(Br)ccc4c3=C2S1. The molecule has 1 aliphatic heterocycles. The maximum atomic E-state index is 6.07. The van der Waals surface area contributed by atoms with Gasteiger partial charge in [-0.15, -0.1) is 11.3 Å². The van der Waals surface area contributed by atoms with E-state index in [4.69, 9.17) is 4.74 Å². The number of hydrogen-bond donors (Lipinski definition) is 0. The summed E-state index contributed by atoms with van der Waals surface area (Å²) in [6.07, 6.45) is 11.2. The lowest BCUT2D eigenvalue weighted by molar-refractivity contribution is 0.0662. The molecule has 5 heteroatoms. The van der Waals surface area contributed by atoms with Crippen LogP contribution in [0.25, 0.3) is 21.1 Å². The fraction of sp³-hybridized carbons (Fsp3) is 0.273. The van der Waals surface area contributed by atoms with Crippen molar-refractivity contribution < 1.29 is 4.74 Å². The molecule has 2 heterocycles. The molecule has 0 radical (unpaired) electrons. The highest BCUT2D eigenvalue weighted by molar-refractivity contribution is 9.10. The van der Waals surface area contributed by atoms with Gasteiger partial charge in [0.25, 0.3) is 0 Å². The van der Waals surface area contributed by atoms with Crippen LogP contribution in [0.1, 0.15) is 6.92 Å². The van der Waals surface area contributed by atoms with Crippen molar-refractivity contribution in [2.45, 2.75) is 13.0 Å². The van der Waals surface area contributed by atoms with Crippen LogP contribution in [-0.4, -0.2) is 38.3 Å².